The summed E-state index contributed by atoms with van der Waals surface area (Å²) < 4.78 is 6.87. The summed E-state index contributed by atoms with van der Waals surface area (Å²) >= 11 is 9.38. The number of benzene rings is 2. The molecule has 5 heteroatoms. The Morgan fingerprint density at radius 2 is 1.79 bits per heavy atom. The van der Waals surface area contributed by atoms with E-state index >= 15 is 0 Å². The van der Waals surface area contributed by atoms with Crippen LogP contribution in [0.5, 0.6) is 5.75 Å². The van der Waals surface area contributed by atoms with Gasteiger partial charge in [0.15, 0.2) is 0 Å². The highest BCUT2D eigenvalue weighted by molar-refractivity contribution is 9.10. The van der Waals surface area contributed by atoms with Crippen LogP contribution in [0.3, 0.4) is 0 Å². The van der Waals surface area contributed by atoms with E-state index in [4.69, 9.17) is 16.3 Å². The molecule has 0 amide bonds. The highest BCUT2D eigenvalue weighted by Gasteiger charge is 2.17. The smallest absolute Gasteiger partial charge is 0.125 e. The molecule has 1 atom stereocenters. The van der Waals surface area contributed by atoms with E-state index in [1.807, 2.05) is 42.5 Å². The van der Waals surface area contributed by atoms with Gasteiger partial charge in [0.1, 0.15) is 12.4 Å². The number of ether oxygens (including phenoxy) is 1. The molecule has 24 heavy (non-hydrogen) atoms. The van der Waals surface area contributed by atoms with Crippen molar-refractivity contribution in [3.05, 3.63) is 63.1 Å². The van der Waals surface area contributed by atoms with E-state index in [-0.39, 0.29) is 0 Å². The molecule has 0 aliphatic carbocycles. The summed E-state index contributed by atoms with van der Waals surface area (Å²) in [5.41, 5.74) is 1.83. The van der Waals surface area contributed by atoms with Crippen molar-refractivity contribution in [2.24, 2.45) is 0 Å². The van der Waals surface area contributed by atoms with E-state index in [1.54, 1.807) is 0 Å². The minimum atomic E-state index is -0.595. The Kier molecular flexibility index (Phi) is 7.56. The lowest BCUT2D eigenvalue weighted by Gasteiger charge is -2.23. The molecule has 0 aliphatic heterocycles. The Hall–Kier alpha value is -1.07. The van der Waals surface area contributed by atoms with Gasteiger partial charge in [-0.3, -0.25) is 0 Å². The molecule has 0 aromatic heterocycles. The molecule has 2 aromatic carbocycles. The van der Waals surface area contributed by atoms with Gasteiger partial charge in [-0.05, 0) is 49.0 Å². The van der Waals surface area contributed by atoms with Crippen LogP contribution in [0, 0.1) is 0 Å². The maximum absolute atomic E-state index is 10.6. The van der Waals surface area contributed by atoms with Crippen molar-refractivity contribution in [2.75, 3.05) is 19.6 Å². The summed E-state index contributed by atoms with van der Waals surface area (Å²) in [7, 11) is 0. The molecule has 0 radical (unpaired) electrons. The average molecular weight is 413 g/mol. The number of likely N-dealkylation sites (N-methyl/N-ethyl adjacent to an activating group) is 1. The molecule has 1 N–H and O–H groups in total. The van der Waals surface area contributed by atoms with Crippen LogP contribution in [0.1, 0.15) is 31.1 Å². The quantitative estimate of drug-likeness (QED) is 0.658. The SMILES string of the molecule is CCN(CC)C[C@@H](O)c1cc(Br)ccc1OCc1ccc(Cl)cc1. The summed E-state index contributed by atoms with van der Waals surface area (Å²) in [5.74, 6) is 0.702. The van der Waals surface area contributed by atoms with Gasteiger partial charge in [0, 0.05) is 21.6 Å². The molecule has 130 valence electrons. The van der Waals surface area contributed by atoms with E-state index in [0.29, 0.717) is 23.9 Å². The molecule has 0 spiro atoms. The van der Waals surface area contributed by atoms with E-state index in [0.717, 1.165) is 28.7 Å². The summed E-state index contributed by atoms with van der Waals surface area (Å²) in [6, 6.07) is 13.3. The first kappa shape index (κ1) is 19.3. The number of aliphatic hydroxyl groups excluding tert-OH is 1. The molecular weight excluding hydrogens is 390 g/mol. The van der Waals surface area contributed by atoms with Gasteiger partial charge in [0.2, 0.25) is 0 Å². The Morgan fingerprint density at radius 3 is 2.42 bits per heavy atom. The van der Waals surface area contributed by atoms with Gasteiger partial charge in [-0.1, -0.05) is 53.5 Å². The van der Waals surface area contributed by atoms with Crippen molar-refractivity contribution in [3.63, 3.8) is 0 Å². The van der Waals surface area contributed by atoms with Crippen molar-refractivity contribution >= 4 is 27.5 Å². The molecule has 0 heterocycles. The Morgan fingerprint density at radius 1 is 1.12 bits per heavy atom. The fourth-order valence-electron chi connectivity index (χ4n) is 2.48. The number of halogens is 2. The van der Waals surface area contributed by atoms with Crippen LogP contribution in [0.25, 0.3) is 0 Å². The minimum Gasteiger partial charge on any atom is -0.489 e. The van der Waals surface area contributed by atoms with Crippen LogP contribution in [0.2, 0.25) is 5.02 Å². The van der Waals surface area contributed by atoms with E-state index < -0.39 is 6.10 Å². The summed E-state index contributed by atoms with van der Waals surface area (Å²) in [6.07, 6.45) is -0.595. The third kappa shape index (κ3) is 5.49. The van der Waals surface area contributed by atoms with Crippen molar-refractivity contribution in [2.45, 2.75) is 26.6 Å². The molecule has 2 rings (SSSR count). The third-order valence-electron chi connectivity index (χ3n) is 3.96. The third-order valence-corrected chi connectivity index (χ3v) is 4.71. The second-order valence-corrected chi connectivity index (χ2v) is 6.95. The molecule has 0 saturated carbocycles. The number of aliphatic hydroxyl groups is 1. The molecule has 0 bridgehead atoms. The highest BCUT2D eigenvalue weighted by Crippen LogP contribution is 2.30. The maximum atomic E-state index is 10.6. The van der Waals surface area contributed by atoms with Crippen LogP contribution in [-0.2, 0) is 6.61 Å². The van der Waals surface area contributed by atoms with Crippen molar-refractivity contribution in [1.29, 1.82) is 0 Å². The van der Waals surface area contributed by atoms with E-state index in [9.17, 15) is 5.11 Å². The van der Waals surface area contributed by atoms with Gasteiger partial charge in [-0.15, -0.1) is 0 Å². The zero-order chi connectivity index (χ0) is 17.5. The largest absolute Gasteiger partial charge is 0.489 e. The zero-order valence-electron chi connectivity index (χ0n) is 14.0. The second-order valence-electron chi connectivity index (χ2n) is 5.60. The second kappa shape index (κ2) is 9.42. The van der Waals surface area contributed by atoms with Crippen LogP contribution >= 0.6 is 27.5 Å². The lowest BCUT2D eigenvalue weighted by molar-refractivity contribution is 0.115. The predicted molar refractivity (Wildman–Crippen MR) is 103 cm³/mol. The normalized spacial score (nSPS) is 12.4. The standard InChI is InChI=1S/C19H23BrClNO2/c1-3-22(4-2)12-18(23)17-11-15(20)7-10-19(17)24-13-14-5-8-16(21)9-6-14/h5-11,18,23H,3-4,12-13H2,1-2H3/t18-/m1/s1. The fourth-order valence-corrected chi connectivity index (χ4v) is 2.98. The fraction of sp³-hybridized carbons (Fsp3) is 0.368. The van der Waals surface area contributed by atoms with Crippen LogP contribution < -0.4 is 4.74 Å². The monoisotopic (exact) mass is 411 g/mol. The van der Waals surface area contributed by atoms with Gasteiger partial charge in [-0.2, -0.15) is 0 Å². The summed E-state index contributed by atoms with van der Waals surface area (Å²) in [5, 5.41) is 11.3. The topological polar surface area (TPSA) is 32.7 Å². The average Bonchev–Trinajstić information content (AvgIpc) is 2.59. The number of hydrogen-bond acceptors (Lipinski definition) is 3. The van der Waals surface area contributed by atoms with Crippen LogP contribution in [0.4, 0.5) is 0 Å². The minimum absolute atomic E-state index is 0.434. The Bertz CT molecular complexity index is 644. The van der Waals surface area contributed by atoms with Crippen molar-refractivity contribution < 1.29 is 9.84 Å². The first-order valence-electron chi connectivity index (χ1n) is 8.10. The van der Waals surface area contributed by atoms with Gasteiger partial charge < -0.3 is 14.7 Å². The molecule has 0 fully saturated rings. The number of hydrogen-bond donors (Lipinski definition) is 1. The molecule has 0 saturated heterocycles. The molecule has 0 aliphatic rings. The Labute approximate surface area is 157 Å². The summed E-state index contributed by atoms with van der Waals surface area (Å²) in [6.45, 7) is 7.01. The maximum Gasteiger partial charge on any atom is 0.125 e. The first-order valence-corrected chi connectivity index (χ1v) is 9.27. The van der Waals surface area contributed by atoms with E-state index in [2.05, 4.69) is 34.7 Å². The molecule has 3 nitrogen and oxygen atoms in total. The van der Waals surface area contributed by atoms with Gasteiger partial charge >= 0.3 is 0 Å². The Balaban J connectivity index is 2.12. The molecular formula is C19H23BrClNO2. The van der Waals surface area contributed by atoms with Gasteiger partial charge in [0.05, 0.1) is 6.10 Å². The predicted octanol–water partition coefficient (Wildman–Crippen LogP) is 5.06. The van der Waals surface area contributed by atoms with Crippen LogP contribution in [-0.4, -0.2) is 29.6 Å². The lowest BCUT2D eigenvalue weighted by Crippen LogP contribution is -2.28. The van der Waals surface area contributed by atoms with E-state index in [1.165, 1.54) is 0 Å². The lowest BCUT2D eigenvalue weighted by atomic mass is 10.1. The number of rotatable bonds is 8. The highest BCUT2D eigenvalue weighted by atomic mass is 79.9. The molecule has 0 unspecified atom stereocenters. The zero-order valence-corrected chi connectivity index (χ0v) is 16.3. The van der Waals surface area contributed by atoms with Gasteiger partial charge in [0.25, 0.3) is 0 Å². The number of nitrogens with zero attached hydrogens (tertiary/aromatic N) is 1. The summed E-state index contributed by atoms with van der Waals surface area (Å²) in [4.78, 5) is 2.19. The van der Waals surface area contributed by atoms with Gasteiger partial charge in [-0.25, -0.2) is 0 Å². The van der Waals surface area contributed by atoms with Crippen molar-refractivity contribution in [3.8, 4) is 5.75 Å². The van der Waals surface area contributed by atoms with Crippen molar-refractivity contribution in [1.82, 2.24) is 4.90 Å². The van der Waals surface area contributed by atoms with Crippen LogP contribution in [0.15, 0.2) is 46.9 Å². The first-order chi connectivity index (χ1) is 11.5. The molecule has 2 aromatic rings.